The summed E-state index contributed by atoms with van der Waals surface area (Å²) in [5, 5.41) is 0. The van der Waals surface area contributed by atoms with Gasteiger partial charge in [0.05, 0.1) is 5.56 Å². The molecule has 0 amide bonds. The van der Waals surface area contributed by atoms with Crippen LogP contribution in [0.25, 0.3) is 0 Å². The van der Waals surface area contributed by atoms with Crippen LogP contribution in [-0.2, 0) is 0 Å². The lowest BCUT2D eigenvalue weighted by Gasteiger charge is -2.41. The zero-order valence-corrected chi connectivity index (χ0v) is 17.4. The second-order valence-corrected chi connectivity index (χ2v) is 8.78. The molecule has 2 aliphatic rings. The largest absolute Gasteiger partial charge is 0.423 e. The number of halogens is 5. The maximum absolute atomic E-state index is 14.9. The van der Waals surface area contributed by atoms with Crippen molar-refractivity contribution in [1.82, 2.24) is 0 Å². The van der Waals surface area contributed by atoms with E-state index in [4.69, 9.17) is 4.74 Å². The van der Waals surface area contributed by atoms with Crippen molar-refractivity contribution in [2.75, 3.05) is 0 Å². The molecule has 0 N–H and O–H groups in total. The number of esters is 1. The van der Waals surface area contributed by atoms with Gasteiger partial charge in [-0.05, 0) is 74.3 Å². The third-order valence-corrected chi connectivity index (χ3v) is 6.88. The van der Waals surface area contributed by atoms with Gasteiger partial charge in [0, 0.05) is 17.7 Å². The first-order chi connectivity index (χ1) is 15.3. The van der Waals surface area contributed by atoms with Crippen LogP contribution in [0.4, 0.5) is 22.0 Å². The van der Waals surface area contributed by atoms with Crippen molar-refractivity contribution in [3.05, 3.63) is 77.1 Å². The number of hydrogen-bond donors (Lipinski definition) is 0. The van der Waals surface area contributed by atoms with Crippen LogP contribution in [0.3, 0.4) is 0 Å². The Morgan fingerprint density at radius 1 is 0.844 bits per heavy atom. The number of allylic oxidation sites excluding steroid dienone is 1. The van der Waals surface area contributed by atoms with Crippen LogP contribution in [0.15, 0.2) is 36.9 Å². The predicted octanol–water partition coefficient (Wildman–Crippen LogP) is 7.09. The maximum Gasteiger partial charge on any atom is 0.343 e. The Morgan fingerprint density at radius 3 is 2.06 bits per heavy atom. The number of ether oxygens (including phenoxy) is 1. The van der Waals surface area contributed by atoms with Crippen molar-refractivity contribution < 1.29 is 31.5 Å². The monoisotopic (exact) mass is 450 g/mol. The molecule has 2 saturated carbocycles. The van der Waals surface area contributed by atoms with Crippen LogP contribution in [0.2, 0.25) is 0 Å². The van der Waals surface area contributed by atoms with Gasteiger partial charge >= 0.3 is 5.97 Å². The van der Waals surface area contributed by atoms with Gasteiger partial charge in [-0.3, -0.25) is 0 Å². The second kappa shape index (κ2) is 9.04. The number of hydrogen-bond acceptors (Lipinski definition) is 2. The zero-order chi connectivity index (χ0) is 23.0. The minimum atomic E-state index is -1.71. The zero-order valence-electron chi connectivity index (χ0n) is 17.4. The van der Waals surface area contributed by atoms with E-state index in [1.54, 1.807) is 0 Å². The van der Waals surface area contributed by atoms with Gasteiger partial charge in [0.15, 0.2) is 17.5 Å². The van der Waals surface area contributed by atoms with Gasteiger partial charge in [-0.25, -0.2) is 26.7 Å². The third kappa shape index (κ3) is 4.43. The molecule has 170 valence electrons. The molecule has 0 radical (unpaired) electrons. The van der Waals surface area contributed by atoms with E-state index in [2.05, 4.69) is 6.58 Å². The molecule has 2 aromatic carbocycles. The lowest BCUT2D eigenvalue weighted by atomic mass is 9.64. The average Bonchev–Trinajstić information content (AvgIpc) is 2.76. The number of carbonyl (C=O) groups is 1. The molecule has 2 fully saturated rings. The van der Waals surface area contributed by atoms with Gasteiger partial charge in [0.25, 0.3) is 0 Å². The van der Waals surface area contributed by atoms with Gasteiger partial charge in [-0.15, -0.1) is 6.58 Å². The Balaban J connectivity index is 1.50. The summed E-state index contributed by atoms with van der Waals surface area (Å²) < 4.78 is 74.2. The Bertz CT molecular complexity index is 1000. The van der Waals surface area contributed by atoms with Crippen LogP contribution >= 0.6 is 0 Å². The van der Waals surface area contributed by atoms with Crippen molar-refractivity contribution in [2.45, 2.75) is 44.4 Å². The Hall–Kier alpha value is -2.70. The molecule has 4 rings (SSSR count). The molecule has 2 aliphatic carbocycles. The van der Waals surface area contributed by atoms with Crippen LogP contribution < -0.4 is 4.74 Å². The van der Waals surface area contributed by atoms with Crippen molar-refractivity contribution in [1.29, 1.82) is 0 Å². The summed E-state index contributed by atoms with van der Waals surface area (Å²) in [5.74, 6) is -7.12. The Labute approximate surface area is 183 Å². The molecule has 0 bridgehead atoms. The molecule has 0 aromatic heterocycles. The SMILES string of the molecule is C=CC1CCC2CC(c3c(F)cc(C(=O)Oc4cc(F)c(F)c(F)c4)cc3F)CCC2C1. The van der Waals surface area contributed by atoms with Crippen molar-refractivity contribution in [2.24, 2.45) is 17.8 Å². The fourth-order valence-electron chi connectivity index (χ4n) is 5.25. The van der Waals surface area contributed by atoms with E-state index in [0.717, 1.165) is 37.8 Å². The summed E-state index contributed by atoms with van der Waals surface area (Å²) in [7, 11) is 0. The highest BCUT2D eigenvalue weighted by molar-refractivity contribution is 5.91. The molecule has 4 atom stereocenters. The molecule has 2 nitrogen and oxygen atoms in total. The first kappa shape index (κ1) is 22.5. The van der Waals surface area contributed by atoms with E-state index in [1.807, 2.05) is 6.08 Å². The molecule has 0 heterocycles. The quantitative estimate of drug-likeness (QED) is 0.163. The van der Waals surface area contributed by atoms with Gasteiger partial charge in [-0.2, -0.15) is 0 Å². The minimum absolute atomic E-state index is 0.0373. The molecular weight excluding hydrogens is 427 g/mol. The van der Waals surface area contributed by atoms with E-state index in [9.17, 15) is 26.7 Å². The van der Waals surface area contributed by atoms with Crippen LogP contribution in [-0.4, -0.2) is 5.97 Å². The highest BCUT2D eigenvalue weighted by Crippen LogP contribution is 2.48. The molecule has 32 heavy (non-hydrogen) atoms. The second-order valence-electron chi connectivity index (χ2n) is 8.78. The molecule has 0 saturated heterocycles. The average molecular weight is 450 g/mol. The van der Waals surface area contributed by atoms with Crippen molar-refractivity contribution in [3.8, 4) is 5.75 Å². The third-order valence-electron chi connectivity index (χ3n) is 6.88. The Morgan fingerprint density at radius 2 is 1.44 bits per heavy atom. The topological polar surface area (TPSA) is 26.3 Å². The standard InChI is InChI=1S/C25H23F5O2/c1-2-13-3-4-15-8-16(6-5-14(15)7-13)23-19(26)9-17(10-20(23)27)25(31)32-18-11-21(28)24(30)22(29)12-18/h2,9-16H,1,3-8H2. The van der Waals surface area contributed by atoms with Crippen molar-refractivity contribution >= 4 is 5.97 Å². The number of fused-ring (bicyclic) bond motifs is 1. The van der Waals surface area contributed by atoms with E-state index in [0.29, 0.717) is 42.7 Å². The summed E-state index contributed by atoms with van der Waals surface area (Å²) in [6, 6.07) is 2.71. The maximum atomic E-state index is 14.9. The summed E-state index contributed by atoms with van der Waals surface area (Å²) in [6.45, 7) is 3.88. The smallest absolute Gasteiger partial charge is 0.343 e. The van der Waals surface area contributed by atoms with Gasteiger partial charge < -0.3 is 4.74 Å². The molecule has 0 spiro atoms. The predicted molar refractivity (Wildman–Crippen MR) is 109 cm³/mol. The van der Waals surface area contributed by atoms with E-state index in [1.165, 1.54) is 0 Å². The van der Waals surface area contributed by atoms with Crippen LogP contribution in [0.1, 0.15) is 60.4 Å². The van der Waals surface area contributed by atoms with Gasteiger partial charge in [-0.1, -0.05) is 6.08 Å². The highest BCUT2D eigenvalue weighted by atomic mass is 19.2. The number of carbonyl (C=O) groups excluding carboxylic acids is 1. The van der Waals surface area contributed by atoms with E-state index < -0.39 is 46.4 Å². The summed E-state index contributed by atoms with van der Waals surface area (Å²) in [4.78, 5) is 12.3. The lowest BCUT2D eigenvalue weighted by Crippen LogP contribution is -2.30. The van der Waals surface area contributed by atoms with E-state index in [-0.39, 0.29) is 11.5 Å². The normalized spacial score (nSPS) is 25.2. The summed E-state index contributed by atoms with van der Waals surface area (Å²) >= 11 is 0. The number of benzene rings is 2. The van der Waals surface area contributed by atoms with Gasteiger partial charge in [0.2, 0.25) is 0 Å². The summed E-state index contributed by atoms with van der Waals surface area (Å²) in [5.41, 5.74) is -0.473. The van der Waals surface area contributed by atoms with Crippen LogP contribution in [0.5, 0.6) is 5.75 Å². The van der Waals surface area contributed by atoms with Crippen molar-refractivity contribution in [3.63, 3.8) is 0 Å². The highest BCUT2D eigenvalue weighted by Gasteiger charge is 2.37. The van der Waals surface area contributed by atoms with Gasteiger partial charge in [0.1, 0.15) is 17.4 Å². The first-order valence-electron chi connectivity index (χ1n) is 10.7. The Kier molecular flexibility index (Phi) is 6.35. The minimum Gasteiger partial charge on any atom is -0.423 e. The first-order valence-corrected chi connectivity index (χ1v) is 10.7. The number of rotatable bonds is 4. The molecule has 4 unspecified atom stereocenters. The molecule has 2 aromatic rings. The summed E-state index contributed by atoms with van der Waals surface area (Å²) in [6.07, 6.45) is 7.37. The molecule has 0 aliphatic heterocycles. The van der Waals surface area contributed by atoms with Crippen LogP contribution in [0, 0.1) is 46.8 Å². The fourth-order valence-corrected chi connectivity index (χ4v) is 5.25. The fraction of sp³-hybridized carbons (Fsp3) is 0.400. The lowest BCUT2D eigenvalue weighted by molar-refractivity contribution is 0.0732. The van der Waals surface area contributed by atoms with E-state index >= 15 is 0 Å². The molecular formula is C25H23F5O2. The molecule has 7 heteroatoms.